The quantitative estimate of drug-likeness (QED) is 0.924. The topological polar surface area (TPSA) is 33.1 Å². The van der Waals surface area contributed by atoms with Crippen LogP contribution in [-0.2, 0) is 13.0 Å². The van der Waals surface area contributed by atoms with Crippen molar-refractivity contribution in [1.82, 2.24) is 19.8 Å². The summed E-state index contributed by atoms with van der Waals surface area (Å²) in [5, 5.41) is 3.47. The summed E-state index contributed by atoms with van der Waals surface area (Å²) >= 11 is 0. The van der Waals surface area contributed by atoms with Crippen LogP contribution in [0.4, 0.5) is 0 Å². The fourth-order valence-electron chi connectivity index (χ4n) is 4.07. The van der Waals surface area contributed by atoms with E-state index in [9.17, 15) is 0 Å². The van der Waals surface area contributed by atoms with Gasteiger partial charge in [-0.15, -0.1) is 0 Å². The molecule has 1 aromatic rings. The number of likely N-dealkylation sites (tertiary alicyclic amines) is 1. The first kappa shape index (κ1) is 13.8. The molecule has 0 radical (unpaired) electrons. The summed E-state index contributed by atoms with van der Waals surface area (Å²) in [7, 11) is 0. The molecule has 1 atom stereocenters. The molecule has 0 aromatic carbocycles. The third kappa shape index (κ3) is 2.76. The highest BCUT2D eigenvalue weighted by molar-refractivity contribution is 5.25. The minimum absolute atomic E-state index is 0.577. The lowest BCUT2D eigenvalue weighted by Crippen LogP contribution is -2.35. The average Bonchev–Trinajstić information content (AvgIpc) is 3.28. The zero-order valence-electron chi connectivity index (χ0n) is 13.3. The molecule has 0 bridgehead atoms. The molecule has 0 amide bonds. The molecule has 1 saturated carbocycles. The molecule has 2 aliphatic heterocycles. The maximum Gasteiger partial charge on any atom is 0.112 e. The molecule has 2 fully saturated rings. The van der Waals surface area contributed by atoms with Crippen molar-refractivity contribution in [2.75, 3.05) is 26.2 Å². The molecular weight excluding hydrogens is 260 g/mol. The van der Waals surface area contributed by atoms with Gasteiger partial charge in [-0.2, -0.15) is 0 Å². The number of piperidine rings is 1. The van der Waals surface area contributed by atoms with Crippen LogP contribution in [-0.4, -0.2) is 40.6 Å². The molecule has 1 aliphatic carbocycles. The Morgan fingerprint density at radius 3 is 2.81 bits per heavy atom. The predicted octanol–water partition coefficient (Wildman–Crippen LogP) is 2.45. The molecule has 0 spiro atoms. The Morgan fingerprint density at radius 2 is 2.05 bits per heavy atom. The normalized spacial score (nSPS) is 24.8. The SMILES string of the molecule is CC(CN1CCCCC1)n1c(C2CC2)nc2c1CCNC2. The first-order valence-electron chi connectivity index (χ1n) is 8.86. The molecule has 4 nitrogen and oxygen atoms in total. The van der Waals surface area contributed by atoms with Crippen molar-refractivity contribution in [3.8, 4) is 0 Å². The van der Waals surface area contributed by atoms with Gasteiger partial charge < -0.3 is 14.8 Å². The molecule has 21 heavy (non-hydrogen) atoms. The number of rotatable bonds is 4. The van der Waals surface area contributed by atoms with Crippen molar-refractivity contribution in [3.63, 3.8) is 0 Å². The third-order valence-electron chi connectivity index (χ3n) is 5.31. The van der Waals surface area contributed by atoms with Gasteiger partial charge in [-0.05, 0) is 45.7 Å². The molecule has 1 saturated heterocycles. The van der Waals surface area contributed by atoms with E-state index < -0.39 is 0 Å². The summed E-state index contributed by atoms with van der Waals surface area (Å²) in [6.07, 6.45) is 8.03. The summed E-state index contributed by atoms with van der Waals surface area (Å²) < 4.78 is 2.63. The van der Waals surface area contributed by atoms with E-state index in [0.29, 0.717) is 6.04 Å². The van der Waals surface area contributed by atoms with Crippen molar-refractivity contribution in [1.29, 1.82) is 0 Å². The number of aromatic nitrogens is 2. The smallest absolute Gasteiger partial charge is 0.112 e. The van der Waals surface area contributed by atoms with E-state index in [1.54, 1.807) is 0 Å². The Bertz CT molecular complexity index is 497. The second kappa shape index (κ2) is 5.73. The van der Waals surface area contributed by atoms with Crippen molar-refractivity contribution < 1.29 is 0 Å². The van der Waals surface area contributed by atoms with E-state index in [1.807, 2.05) is 0 Å². The van der Waals surface area contributed by atoms with Crippen molar-refractivity contribution in [2.45, 2.75) is 64.0 Å². The van der Waals surface area contributed by atoms with Crippen LogP contribution in [0.2, 0.25) is 0 Å². The molecule has 3 aliphatic rings. The van der Waals surface area contributed by atoms with Gasteiger partial charge in [-0.1, -0.05) is 6.42 Å². The Morgan fingerprint density at radius 1 is 1.24 bits per heavy atom. The van der Waals surface area contributed by atoms with Gasteiger partial charge >= 0.3 is 0 Å². The molecule has 116 valence electrons. The first-order valence-corrected chi connectivity index (χ1v) is 8.86. The maximum absolute atomic E-state index is 5.01. The number of fused-ring (bicyclic) bond motifs is 1. The fraction of sp³-hybridized carbons (Fsp3) is 0.824. The van der Waals surface area contributed by atoms with Gasteiger partial charge in [-0.3, -0.25) is 0 Å². The Hall–Kier alpha value is -0.870. The van der Waals surface area contributed by atoms with Crippen molar-refractivity contribution >= 4 is 0 Å². The van der Waals surface area contributed by atoms with E-state index in [0.717, 1.165) is 25.4 Å². The number of hydrogen-bond donors (Lipinski definition) is 1. The number of nitrogens with zero attached hydrogens (tertiary/aromatic N) is 3. The minimum atomic E-state index is 0.577. The average molecular weight is 288 g/mol. The van der Waals surface area contributed by atoms with Gasteiger partial charge in [0.1, 0.15) is 5.82 Å². The van der Waals surface area contributed by atoms with Gasteiger partial charge in [0.2, 0.25) is 0 Å². The van der Waals surface area contributed by atoms with Crippen LogP contribution in [0.25, 0.3) is 0 Å². The maximum atomic E-state index is 5.01. The van der Waals surface area contributed by atoms with Gasteiger partial charge in [0, 0.05) is 43.7 Å². The lowest BCUT2D eigenvalue weighted by Gasteiger charge is -2.31. The number of imidazole rings is 1. The zero-order valence-corrected chi connectivity index (χ0v) is 13.3. The minimum Gasteiger partial charge on any atom is -0.327 e. The summed E-state index contributed by atoms with van der Waals surface area (Å²) in [5.74, 6) is 2.15. The second-order valence-corrected chi connectivity index (χ2v) is 7.14. The second-order valence-electron chi connectivity index (χ2n) is 7.14. The molecule has 1 unspecified atom stereocenters. The standard InChI is InChI=1S/C17H28N4/c1-13(12-20-9-3-2-4-10-20)21-16-7-8-18-11-15(16)19-17(21)14-5-6-14/h13-14,18H,2-12H2,1H3. The molecule has 1 aromatic heterocycles. The summed E-state index contributed by atoms with van der Waals surface area (Å²) in [6, 6.07) is 0.577. The Kier molecular flexibility index (Phi) is 3.76. The molecule has 4 heteroatoms. The van der Waals surface area contributed by atoms with Gasteiger partial charge in [0.25, 0.3) is 0 Å². The van der Waals surface area contributed by atoms with Crippen LogP contribution in [0.5, 0.6) is 0 Å². The van der Waals surface area contributed by atoms with Crippen LogP contribution in [0.3, 0.4) is 0 Å². The van der Waals surface area contributed by atoms with Crippen LogP contribution in [0.1, 0.15) is 68.2 Å². The van der Waals surface area contributed by atoms with Crippen LogP contribution in [0, 0.1) is 0 Å². The summed E-state index contributed by atoms with van der Waals surface area (Å²) in [4.78, 5) is 7.67. The van der Waals surface area contributed by atoms with Crippen molar-refractivity contribution in [3.05, 3.63) is 17.2 Å². The van der Waals surface area contributed by atoms with E-state index >= 15 is 0 Å². The van der Waals surface area contributed by atoms with Crippen LogP contribution < -0.4 is 5.32 Å². The monoisotopic (exact) mass is 288 g/mol. The largest absolute Gasteiger partial charge is 0.327 e. The third-order valence-corrected chi connectivity index (χ3v) is 5.31. The highest BCUT2D eigenvalue weighted by Crippen LogP contribution is 2.41. The lowest BCUT2D eigenvalue weighted by atomic mass is 10.1. The van der Waals surface area contributed by atoms with Crippen molar-refractivity contribution in [2.24, 2.45) is 0 Å². The van der Waals surface area contributed by atoms with E-state index in [-0.39, 0.29) is 0 Å². The van der Waals surface area contributed by atoms with E-state index in [2.05, 4.69) is 21.7 Å². The zero-order chi connectivity index (χ0) is 14.2. The molecular formula is C17H28N4. The Balaban J connectivity index is 1.58. The molecule has 4 rings (SSSR count). The summed E-state index contributed by atoms with van der Waals surface area (Å²) in [5.41, 5.74) is 2.86. The number of hydrogen-bond acceptors (Lipinski definition) is 3. The first-order chi connectivity index (χ1) is 10.3. The number of nitrogens with one attached hydrogen (secondary N) is 1. The molecule has 3 heterocycles. The van der Waals surface area contributed by atoms with Crippen LogP contribution in [0.15, 0.2) is 0 Å². The van der Waals surface area contributed by atoms with Gasteiger partial charge in [0.05, 0.1) is 5.69 Å². The Labute approximate surface area is 127 Å². The van der Waals surface area contributed by atoms with Gasteiger partial charge in [0.15, 0.2) is 0 Å². The summed E-state index contributed by atoms with van der Waals surface area (Å²) in [6.45, 7) is 8.28. The molecule has 1 N–H and O–H groups in total. The van der Waals surface area contributed by atoms with E-state index in [4.69, 9.17) is 4.98 Å². The van der Waals surface area contributed by atoms with Gasteiger partial charge in [-0.25, -0.2) is 4.98 Å². The fourth-order valence-corrected chi connectivity index (χ4v) is 4.07. The van der Waals surface area contributed by atoms with E-state index in [1.165, 1.54) is 69.0 Å². The predicted molar refractivity (Wildman–Crippen MR) is 84.6 cm³/mol. The lowest BCUT2D eigenvalue weighted by molar-refractivity contribution is 0.199. The highest BCUT2D eigenvalue weighted by Gasteiger charge is 2.33. The highest BCUT2D eigenvalue weighted by atomic mass is 15.2. The van der Waals surface area contributed by atoms with Crippen LogP contribution >= 0.6 is 0 Å².